The lowest BCUT2D eigenvalue weighted by atomic mass is 10.8. The lowest BCUT2D eigenvalue weighted by Crippen LogP contribution is -2.12. The zero-order chi connectivity index (χ0) is 6.57. The highest BCUT2D eigenvalue weighted by molar-refractivity contribution is 7.91. The van der Waals surface area contributed by atoms with Crippen LogP contribution in [0.3, 0.4) is 0 Å². The van der Waals surface area contributed by atoms with Crippen LogP contribution in [0.4, 0.5) is 0 Å². The van der Waals surface area contributed by atoms with E-state index in [2.05, 4.69) is 0 Å². The van der Waals surface area contributed by atoms with Crippen LogP contribution in [0.5, 0.6) is 0 Å². The fourth-order valence-corrected chi connectivity index (χ4v) is 0.305. The first-order chi connectivity index (χ1) is 3.63. The van der Waals surface area contributed by atoms with E-state index in [9.17, 15) is 14.9 Å². The van der Waals surface area contributed by atoms with Gasteiger partial charge >= 0.3 is 12.1 Å². The summed E-state index contributed by atoms with van der Waals surface area (Å²) in [6, 6.07) is 0. The van der Waals surface area contributed by atoms with Crippen molar-refractivity contribution >= 4 is 18.0 Å². The Labute approximate surface area is 49.9 Å². The third kappa shape index (κ3) is 5.22. The second-order valence-electron chi connectivity index (χ2n) is 0.973. The molecule has 0 aromatic carbocycles. The molecule has 0 radical (unpaired) electrons. The van der Waals surface area contributed by atoms with Crippen LogP contribution in [0.2, 0.25) is 0 Å². The van der Waals surface area contributed by atoms with Crippen molar-refractivity contribution in [2.45, 2.75) is 6.92 Å². The Bertz CT molecular complexity index is 99.9. The van der Waals surface area contributed by atoms with Crippen molar-refractivity contribution in [1.29, 1.82) is 0 Å². The van der Waals surface area contributed by atoms with Gasteiger partial charge in [-0.05, 0) is 0 Å². The van der Waals surface area contributed by atoms with E-state index in [-0.39, 0.29) is 12.1 Å². The molecule has 0 aliphatic rings. The normalized spacial score (nSPS) is 8.12. The first-order valence-electron chi connectivity index (χ1n) is 1.71. The van der Waals surface area contributed by atoms with Gasteiger partial charge in [0.2, 0.25) is 5.91 Å². The van der Waals surface area contributed by atoms with Crippen LogP contribution in [0.25, 0.3) is 0 Å². The number of rotatable bonds is 2. The van der Waals surface area contributed by atoms with Crippen LogP contribution >= 0.6 is 12.1 Å². The molecule has 1 amide bonds. The van der Waals surface area contributed by atoms with E-state index < -0.39 is 10.2 Å². The number of hydrogen-bond donors (Lipinski definition) is 1. The van der Waals surface area contributed by atoms with E-state index in [4.69, 9.17) is 0 Å². The zero-order valence-corrected chi connectivity index (χ0v) is 4.90. The zero-order valence-electron chi connectivity index (χ0n) is 4.08. The number of nitro groups is 1. The SMILES string of the molecule is CC(=O)NS[N+](=O)[O-]. The van der Waals surface area contributed by atoms with Crippen molar-refractivity contribution < 1.29 is 9.12 Å². The van der Waals surface area contributed by atoms with Crippen LogP contribution in [0, 0.1) is 10.1 Å². The summed E-state index contributed by atoms with van der Waals surface area (Å²) in [4.78, 5) is 19.4. The molecule has 0 atom stereocenters. The van der Waals surface area contributed by atoms with Crippen molar-refractivity contribution in [3.05, 3.63) is 10.1 Å². The Morgan fingerprint density at radius 2 is 2.38 bits per heavy atom. The van der Waals surface area contributed by atoms with Gasteiger partial charge in [0.15, 0.2) is 0 Å². The molecule has 0 aromatic rings. The summed E-state index contributed by atoms with van der Waals surface area (Å²) in [7, 11) is 0. The standard InChI is InChI=1S/C2H4N2O3S/c1-2(5)3-8-4(6)7/h1H3,(H,3,5). The minimum absolute atomic E-state index is 0.162. The smallest absolute Gasteiger partial charge is 0.274 e. The largest absolute Gasteiger partial charge is 0.355 e. The van der Waals surface area contributed by atoms with Gasteiger partial charge in [0.1, 0.15) is 4.33 Å². The maximum absolute atomic E-state index is 9.91. The molecule has 0 aliphatic carbocycles. The number of carbonyl (C=O) groups excluding carboxylic acids is 1. The molecule has 46 valence electrons. The first-order valence-corrected chi connectivity index (χ1v) is 2.48. The Kier molecular flexibility index (Phi) is 2.93. The second-order valence-corrected chi connectivity index (χ2v) is 1.66. The highest BCUT2D eigenvalue weighted by Gasteiger charge is 1.99. The summed E-state index contributed by atoms with van der Waals surface area (Å²) in [5.74, 6) is -0.424. The molecule has 8 heavy (non-hydrogen) atoms. The predicted octanol–water partition coefficient (Wildman–Crippen LogP) is -0.0376. The van der Waals surface area contributed by atoms with Crippen LogP contribution in [-0.4, -0.2) is 10.2 Å². The molecule has 0 rings (SSSR count). The van der Waals surface area contributed by atoms with Gasteiger partial charge in [-0.2, -0.15) is 0 Å². The molecule has 0 fully saturated rings. The average Bonchev–Trinajstić information content (AvgIpc) is 1.61. The molecule has 5 nitrogen and oxygen atoms in total. The molecule has 0 aliphatic heterocycles. The number of amides is 1. The van der Waals surface area contributed by atoms with Gasteiger partial charge < -0.3 is 0 Å². The molecule has 6 heteroatoms. The van der Waals surface area contributed by atoms with E-state index in [1.54, 1.807) is 0 Å². The lowest BCUT2D eigenvalue weighted by Gasteiger charge is -1.85. The van der Waals surface area contributed by atoms with Crippen molar-refractivity contribution in [1.82, 2.24) is 4.72 Å². The van der Waals surface area contributed by atoms with E-state index >= 15 is 0 Å². The monoisotopic (exact) mass is 136 g/mol. The van der Waals surface area contributed by atoms with Gasteiger partial charge in [-0.15, -0.1) is 0 Å². The average molecular weight is 136 g/mol. The minimum Gasteiger partial charge on any atom is -0.274 e. The molecule has 0 unspecified atom stereocenters. The first kappa shape index (κ1) is 7.22. The Morgan fingerprint density at radius 1 is 1.88 bits per heavy atom. The predicted molar refractivity (Wildman–Crippen MR) is 28.4 cm³/mol. The molecular weight excluding hydrogens is 132 g/mol. The molecule has 0 heterocycles. The third-order valence-corrected chi connectivity index (χ3v) is 0.792. The quantitative estimate of drug-likeness (QED) is 0.328. The fourth-order valence-electron chi connectivity index (χ4n) is 0.102. The van der Waals surface area contributed by atoms with Crippen molar-refractivity contribution in [2.75, 3.05) is 0 Å². The topological polar surface area (TPSA) is 72.2 Å². The van der Waals surface area contributed by atoms with E-state index in [0.29, 0.717) is 0 Å². The Balaban J connectivity index is 3.18. The molecular formula is C2H4N2O3S. The van der Waals surface area contributed by atoms with Crippen LogP contribution in [-0.2, 0) is 4.79 Å². The van der Waals surface area contributed by atoms with E-state index in [0.717, 1.165) is 0 Å². The maximum atomic E-state index is 9.91. The van der Waals surface area contributed by atoms with Gasteiger partial charge in [0, 0.05) is 6.92 Å². The van der Waals surface area contributed by atoms with Gasteiger partial charge in [-0.1, -0.05) is 0 Å². The summed E-state index contributed by atoms with van der Waals surface area (Å²) in [6.07, 6.45) is 0. The van der Waals surface area contributed by atoms with E-state index in [1.165, 1.54) is 6.92 Å². The van der Waals surface area contributed by atoms with Crippen LogP contribution in [0.15, 0.2) is 0 Å². The molecule has 1 N–H and O–H groups in total. The van der Waals surface area contributed by atoms with Crippen LogP contribution in [0.1, 0.15) is 6.92 Å². The van der Waals surface area contributed by atoms with E-state index in [1.807, 2.05) is 4.72 Å². The minimum atomic E-state index is -0.693. The highest BCUT2D eigenvalue weighted by atomic mass is 32.2. The van der Waals surface area contributed by atoms with Crippen molar-refractivity contribution in [2.24, 2.45) is 0 Å². The Morgan fingerprint density at radius 3 is 2.50 bits per heavy atom. The molecule has 0 saturated heterocycles. The van der Waals surface area contributed by atoms with Crippen molar-refractivity contribution in [3.63, 3.8) is 0 Å². The summed E-state index contributed by atoms with van der Waals surface area (Å²) in [5, 5.41) is 9.46. The molecule has 0 aromatic heterocycles. The molecule has 0 spiro atoms. The van der Waals surface area contributed by atoms with Gasteiger partial charge in [0.05, 0.1) is 0 Å². The maximum Gasteiger partial charge on any atom is 0.355 e. The highest BCUT2D eigenvalue weighted by Crippen LogP contribution is 1.89. The number of nitrogens with zero attached hydrogens (tertiary/aromatic N) is 1. The van der Waals surface area contributed by atoms with Gasteiger partial charge in [-0.25, -0.2) is 14.8 Å². The fraction of sp³-hybridized carbons (Fsp3) is 0.500. The number of carbonyl (C=O) groups is 1. The summed E-state index contributed by atoms with van der Waals surface area (Å²) in [5.41, 5.74) is 0. The Hall–Kier alpha value is -0.780. The summed E-state index contributed by atoms with van der Waals surface area (Å²) >= 11 is 0.162. The summed E-state index contributed by atoms with van der Waals surface area (Å²) in [6.45, 7) is 1.20. The second kappa shape index (κ2) is 3.25. The number of hydrogen-bond acceptors (Lipinski definition) is 4. The van der Waals surface area contributed by atoms with Gasteiger partial charge in [0.25, 0.3) is 0 Å². The number of nitrogens with one attached hydrogen (secondary N) is 1. The van der Waals surface area contributed by atoms with Crippen LogP contribution < -0.4 is 4.72 Å². The summed E-state index contributed by atoms with van der Waals surface area (Å²) < 4.78 is 1.23. The molecule has 0 saturated carbocycles. The lowest BCUT2D eigenvalue weighted by molar-refractivity contribution is -0.285. The third-order valence-electron chi connectivity index (χ3n) is 0.264. The molecule has 0 bridgehead atoms. The van der Waals surface area contributed by atoms with Crippen molar-refractivity contribution in [3.8, 4) is 0 Å². The van der Waals surface area contributed by atoms with Gasteiger partial charge in [-0.3, -0.25) is 4.79 Å².